The molecule has 0 unspecified atom stereocenters. The fourth-order valence-corrected chi connectivity index (χ4v) is 17.6. The maximum absolute atomic E-state index is 5.96. The number of benzene rings is 17. The summed E-state index contributed by atoms with van der Waals surface area (Å²) in [6.45, 7) is 0. The van der Waals surface area contributed by atoms with Crippen molar-refractivity contribution < 1.29 is 4.42 Å². The van der Waals surface area contributed by atoms with Crippen molar-refractivity contribution in [3.63, 3.8) is 0 Å². The Morgan fingerprint density at radius 1 is 0.179 bits per heavy atom. The molecule has 5 nitrogen and oxygen atoms in total. The monoisotopic (exact) mass is 1410 g/mol. The predicted molar refractivity (Wildman–Crippen MR) is 462 cm³/mol. The van der Waals surface area contributed by atoms with E-state index in [0.717, 1.165) is 67.4 Å². The summed E-state index contributed by atoms with van der Waals surface area (Å²) < 4.78 is 13.9. The van der Waals surface area contributed by atoms with E-state index in [1.54, 1.807) is 0 Å². The van der Waals surface area contributed by atoms with E-state index in [0.29, 0.717) is 0 Å². The molecule has 0 fully saturated rings. The molecule has 21 aromatic rings. The van der Waals surface area contributed by atoms with Crippen molar-refractivity contribution in [2.75, 3.05) is 21.3 Å². The van der Waals surface area contributed by atoms with E-state index < -0.39 is 0 Å². The highest BCUT2D eigenvalue weighted by Gasteiger charge is 2.14. The van der Waals surface area contributed by atoms with Crippen LogP contribution >= 0.6 is 34.0 Å². The maximum Gasteiger partial charge on any atom is 0.135 e. The number of fused-ring (bicyclic) bond motifs is 15. The van der Waals surface area contributed by atoms with Crippen LogP contribution in [0.4, 0.5) is 45.5 Å². The van der Waals surface area contributed by atoms with Gasteiger partial charge in [-0.05, 0) is 177 Å². The molecule has 4 aromatic heterocycles. The third kappa shape index (κ3) is 13.7. The number of furan rings is 1. The van der Waals surface area contributed by atoms with Crippen LogP contribution in [-0.2, 0) is 0 Å². The fourth-order valence-electron chi connectivity index (χ4n) is 14.3. The van der Waals surface area contributed by atoms with Crippen LogP contribution in [0.2, 0.25) is 0 Å². The van der Waals surface area contributed by atoms with Gasteiger partial charge in [0.05, 0.1) is 0 Å². The molecule has 0 bridgehead atoms. The smallest absolute Gasteiger partial charge is 0.135 e. The summed E-state index contributed by atoms with van der Waals surface area (Å²) in [5, 5.41) is 29.6. The largest absolute Gasteiger partial charge is 0.456 e. The van der Waals surface area contributed by atoms with Crippen LogP contribution < -0.4 is 21.3 Å². The molecule has 0 atom stereocenters. The highest BCUT2D eigenvalue weighted by atomic mass is 32.1. The minimum absolute atomic E-state index is 0.912. The molecule has 0 spiro atoms. The van der Waals surface area contributed by atoms with Crippen LogP contribution in [0.25, 0.3) is 137 Å². The highest BCUT2D eigenvalue weighted by Crippen LogP contribution is 2.42. The number of para-hydroxylation sites is 1. The Morgan fingerprint density at radius 2 is 0.585 bits per heavy atom. The normalized spacial score (nSPS) is 11.2. The Morgan fingerprint density at radius 3 is 1.28 bits per heavy atom. The minimum Gasteiger partial charge on any atom is -0.456 e. The van der Waals surface area contributed by atoms with Crippen molar-refractivity contribution in [3.05, 3.63) is 388 Å². The number of thiophene rings is 3. The first-order valence-corrected chi connectivity index (χ1v) is 38.0. The summed E-state index contributed by atoms with van der Waals surface area (Å²) >= 11 is 5.54. The zero-order valence-corrected chi connectivity index (χ0v) is 60.0. The van der Waals surface area contributed by atoms with E-state index >= 15 is 0 Å². The van der Waals surface area contributed by atoms with Crippen molar-refractivity contribution in [2.45, 2.75) is 0 Å². The van der Waals surface area contributed by atoms with Crippen molar-refractivity contribution in [2.24, 2.45) is 0 Å². The zero-order chi connectivity index (χ0) is 70.5. The molecule has 504 valence electrons. The average Bonchev–Trinajstić information content (AvgIpc) is 1.05. The molecule has 0 aliphatic carbocycles. The molecule has 0 amide bonds. The molecular weight excluding hydrogens is 1350 g/mol. The van der Waals surface area contributed by atoms with E-state index in [2.05, 4.69) is 367 Å². The molecule has 0 saturated heterocycles. The van der Waals surface area contributed by atoms with Crippen LogP contribution in [0.3, 0.4) is 0 Å². The molecule has 4 N–H and O–H groups in total. The van der Waals surface area contributed by atoms with E-state index in [4.69, 9.17) is 4.42 Å². The van der Waals surface area contributed by atoms with Gasteiger partial charge in [-0.3, -0.25) is 0 Å². The fraction of sp³-hybridized carbons (Fsp3) is 0. The van der Waals surface area contributed by atoms with Gasteiger partial charge in [0.25, 0.3) is 0 Å². The topological polar surface area (TPSA) is 61.3 Å². The first kappa shape index (κ1) is 65.0. The van der Waals surface area contributed by atoms with Gasteiger partial charge in [-0.25, -0.2) is 0 Å². The van der Waals surface area contributed by atoms with Gasteiger partial charge in [0.15, 0.2) is 0 Å². The molecule has 0 saturated carbocycles. The first-order valence-electron chi connectivity index (χ1n) is 35.6. The van der Waals surface area contributed by atoms with E-state index in [-0.39, 0.29) is 0 Å². The molecular formula is C98H68N4OS3. The van der Waals surface area contributed by atoms with Gasteiger partial charge in [-0.15, -0.1) is 34.0 Å². The Balaban J connectivity index is 0.000000100. The van der Waals surface area contributed by atoms with Crippen LogP contribution in [0.1, 0.15) is 0 Å². The maximum atomic E-state index is 5.96. The summed E-state index contributed by atoms with van der Waals surface area (Å²) in [5.74, 6) is 0. The number of hydrogen-bond donors (Lipinski definition) is 4. The van der Waals surface area contributed by atoms with Crippen molar-refractivity contribution in [3.8, 4) is 33.4 Å². The lowest BCUT2D eigenvalue weighted by Gasteiger charge is -2.13. The van der Waals surface area contributed by atoms with Gasteiger partial charge >= 0.3 is 0 Å². The average molecular weight is 1410 g/mol. The standard InChI is InChI=1S/C26H17NO.3C24H17NS/c1-2-8-19-17(7-1)15-24(21-10-4-3-9-20(19)21)27-18-13-14-26-23(16-18)22-11-5-6-12-25(22)28-26;1-2-8-17(9-3-1)18-10-6-11-19(16-18)25-21-13-7-15-23-24(21)20-12-4-5-14-22(20)26-23;1-2-7-17(8-3-1)18-9-6-10-19(15-18)25-20-13-14-22-21-11-4-5-12-23(21)26-24(22)16-20;1-2-6-17(7-3-1)18-10-12-19(13-11-18)25-20-14-15-24-22(16-20)21-8-4-5-9-23(21)26-24/h1-16,27H;3*1-16,25H. The molecule has 8 heteroatoms. The zero-order valence-electron chi connectivity index (χ0n) is 57.6. The Kier molecular flexibility index (Phi) is 18.0. The molecule has 0 aliphatic heterocycles. The van der Waals surface area contributed by atoms with Crippen LogP contribution in [0.15, 0.2) is 393 Å². The number of rotatable bonds is 11. The van der Waals surface area contributed by atoms with E-state index in [1.165, 1.54) is 115 Å². The molecule has 21 rings (SSSR count). The second-order valence-corrected chi connectivity index (χ2v) is 29.5. The number of nitrogens with one attached hydrogen (secondary N) is 4. The SMILES string of the molecule is c1ccc(-c2ccc(Nc3ccc4sc5ccccc5c4c3)cc2)cc1.c1ccc(-c2cccc(Nc3ccc4c(c3)sc3ccccc34)c2)cc1.c1ccc(-c2cccc(Nc3cccc4sc5ccccc5c34)c2)cc1.c1ccc2c(c1)cc(Nc1ccc3oc4ccccc4c3c1)c1ccccc12. The third-order valence-corrected chi connectivity index (χ3v) is 22.8. The van der Waals surface area contributed by atoms with Gasteiger partial charge < -0.3 is 25.7 Å². The van der Waals surface area contributed by atoms with Crippen molar-refractivity contribution in [1.82, 2.24) is 0 Å². The van der Waals surface area contributed by atoms with E-state index in [1.807, 2.05) is 76.5 Å². The Bertz CT molecular complexity index is 6720. The summed E-state index contributed by atoms with van der Waals surface area (Å²) in [6, 6.07) is 137. The summed E-state index contributed by atoms with van der Waals surface area (Å²) in [4.78, 5) is 0. The summed E-state index contributed by atoms with van der Waals surface area (Å²) in [5.41, 5.74) is 18.1. The van der Waals surface area contributed by atoms with Gasteiger partial charge in [-0.1, -0.05) is 261 Å². The third-order valence-electron chi connectivity index (χ3n) is 19.4. The van der Waals surface area contributed by atoms with Crippen LogP contribution in [0.5, 0.6) is 0 Å². The lowest BCUT2D eigenvalue weighted by atomic mass is 10.00. The molecule has 0 radical (unpaired) electrons. The van der Waals surface area contributed by atoms with Crippen molar-refractivity contribution >= 4 is 184 Å². The van der Waals surface area contributed by atoms with E-state index in [9.17, 15) is 0 Å². The first-order chi connectivity index (χ1) is 52.5. The Hall–Kier alpha value is -13.1. The lowest BCUT2D eigenvalue weighted by molar-refractivity contribution is 0.669. The van der Waals surface area contributed by atoms with Crippen molar-refractivity contribution in [1.29, 1.82) is 0 Å². The van der Waals surface area contributed by atoms with Gasteiger partial charge in [0.1, 0.15) is 11.2 Å². The quantitative estimate of drug-likeness (QED) is 0.0973. The second kappa shape index (κ2) is 29.3. The van der Waals surface area contributed by atoms with Crippen LogP contribution in [0, 0.1) is 0 Å². The number of anilines is 8. The molecule has 106 heavy (non-hydrogen) atoms. The summed E-state index contributed by atoms with van der Waals surface area (Å²) in [6.07, 6.45) is 0. The van der Waals surface area contributed by atoms with Crippen LogP contribution in [-0.4, -0.2) is 0 Å². The number of hydrogen-bond acceptors (Lipinski definition) is 8. The second-order valence-electron chi connectivity index (χ2n) is 26.2. The highest BCUT2D eigenvalue weighted by molar-refractivity contribution is 7.26. The predicted octanol–water partition coefficient (Wildman–Crippen LogP) is 30.0. The lowest BCUT2D eigenvalue weighted by Crippen LogP contribution is -1.92. The Labute approximate surface area is 626 Å². The summed E-state index contributed by atoms with van der Waals surface area (Å²) in [7, 11) is 0. The molecule has 17 aromatic carbocycles. The minimum atomic E-state index is 0.912. The molecule has 0 aliphatic rings. The van der Waals surface area contributed by atoms with Gasteiger partial charge in [0, 0.05) is 122 Å². The van der Waals surface area contributed by atoms with Gasteiger partial charge in [0.2, 0.25) is 0 Å². The van der Waals surface area contributed by atoms with Gasteiger partial charge in [-0.2, -0.15) is 0 Å². The molecule has 4 heterocycles.